The lowest BCUT2D eigenvalue weighted by Gasteiger charge is -2.36. The second-order valence-electron chi connectivity index (χ2n) is 8.12. The van der Waals surface area contributed by atoms with E-state index in [1.807, 2.05) is 0 Å². The molecule has 0 saturated carbocycles. The van der Waals surface area contributed by atoms with Crippen LogP contribution in [0, 0.1) is 5.92 Å². The molecule has 7 nitrogen and oxygen atoms in total. The number of aliphatic carboxylic acids is 1. The lowest BCUT2D eigenvalue weighted by Crippen LogP contribution is -2.56. The van der Waals surface area contributed by atoms with Crippen LogP contribution >= 0.6 is 0 Å². The van der Waals surface area contributed by atoms with Crippen molar-refractivity contribution in [2.75, 3.05) is 0 Å². The van der Waals surface area contributed by atoms with E-state index in [4.69, 9.17) is 4.74 Å². The highest BCUT2D eigenvalue weighted by molar-refractivity contribution is 5.90. The van der Waals surface area contributed by atoms with Crippen molar-refractivity contribution in [1.82, 2.24) is 10.2 Å². The number of alkyl carbamates (subject to hydrolysis) is 1. The molecule has 0 aromatic rings. The van der Waals surface area contributed by atoms with Crippen LogP contribution in [-0.4, -0.2) is 51.7 Å². The number of carbonyl (C=O) groups is 3. The standard InChI is InChI=1S/C18H30N2O5/c1-5-11-6-7-12-8-9-14(16(22)23)20(12)15(21)13(10-11)19-17(24)25-18(2,3)4/h11-14H,5-10H2,1-4H3,(H,19,24)(H,22,23)/t11?,12-,13-,14-/m0/s1. The fraction of sp³-hybridized carbons (Fsp3) is 0.833. The summed E-state index contributed by atoms with van der Waals surface area (Å²) in [7, 11) is 0. The summed E-state index contributed by atoms with van der Waals surface area (Å²) < 4.78 is 5.28. The van der Waals surface area contributed by atoms with Crippen molar-refractivity contribution in [1.29, 1.82) is 0 Å². The minimum atomic E-state index is -0.973. The van der Waals surface area contributed by atoms with Crippen molar-refractivity contribution in [3.05, 3.63) is 0 Å². The summed E-state index contributed by atoms with van der Waals surface area (Å²) in [5.74, 6) is -0.937. The molecule has 0 bridgehead atoms. The number of amides is 2. The van der Waals surface area contributed by atoms with Crippen molar-refractivity contribution >= 4 is 18.0 Å². The van der Waals surface area contributed by atoms with Gasteiger partial charge in [-0.15, -0.1) is 0 Å². The SMILES string of the molecule is CCC1CC[C@H]2CC[C@@H](C(=O)O)N2C(=O)[C@@H](NC(=O)OC(C)(C)C)C1. The Kier molecular flexibility index (Phi) is 5.95. The first kappa shape index (κ1) is 19.5. The van der Waals surface area contributed by atoms with Crippen molar-refractivity contribution in [2.45, 2.75) is 89.9 Å². The van der Waals surface area contributed by atoms with Gasteiger partial charge in [-0.1, -0.05) is 13.3 Å². The van der Waals surface area contributed by atoms with Crippen LogP contribution in [0.2, 0.25) is 0 Å². The van der Waals surface area contributed by atoms with Crippen LogP contribution in [0.3, 0.4) is 0 Å². The van der Waals surface area contributed by atoms with Crippen LogP contribution in [0.25, 0.3) is 0 Å². The zero-order chi connectivity index (χ0) is 18.8. The summed E-state index contributed by atoms with van der Waals surface area (Å²) in [6, 6.07) is -1.58. The lowest BCUT2D eigenvalue weighted by molar-refractivity contribution is -0.151. The van der Waals surface area contributed by atoms with Gasteiger partial charge in [0, 0.05) is 6.04 Å². The van der Waals surface area contributed by atoms with E-state index in [2.05, 4.69) is 12.2 Å². The van der Waals surface area contributed by atoms with E-state index < -0.39 is 29.7 Å². The van der Waals surface area contributed by atoms with Gasteiger partial charge in [0.25, 0.3) is 0 Å². The summed E-state index contributed by atoms with van der Waals surface area (Å²) in [5, 5.41) is 12.1. The quantitative estimate of drug-likeness (QED) is 0.812. The van der Waals surface area contributed by atoms with Gasteiger partial charge in [0.1, 0.15) is 17.7 Å². The van der Waals surface area contributed by atoms with Gasteiger partial charge in [0.2, 0.25) is 5.91 Å². The highest BCUT2D eigenvalue weighted by Gasteiger charge is 2.45. The molecular weight excluding hydrogens is 324 g/mol. The van der Waals surface area contributed by atoms with Crippen molar-refractivity contribution in [2.24, 2.45) is 5.92 Å². The van der Waals surface area contributed by atoms with Gasteiger partial charge in [-0.05, 0) is 58.8 Å². The van der Waals surface area contributed by atoms with Crippen LogP contribution in [0.5, 0.6) is 0 Å². The Hall–Kier alpha value is -1.79. The molecule has 2 N–H and O–H groups in total. The monoisotopic (exact) mass is 354 g/mol. The molecular formula is C18H30N2O5. The van der Waals surface area contributed by atoms with Gasteiger partial charge in [-0.25, -0.2) is 9.59 Å². The topological polar surface area (TPSA) is 95.9 Å². The third-order valence-corrected chi connectivity index (χ3v) is 5.09. The molecule has 2 aliphatic heterocycles. The predicted molar refractivity (Wildman–Crippen MR) is 92.1 cm³/mol. The van der Waals surface area contributed by atoms with E-state index in [9.17, 15) is 19.5 Å². The molecule has 2 fully saturated rings. The van der Waals surface area contributed by atoms with E-state index in [1.165, 1.54) is 4.90 Å². The van der Waals surface area contributed by atoms with Crippen molar-refractivity contribution in [3.8, 4) is 0 Å². The summed E-state index contributed by atoms with van der Waals surface area (Å²) in [5.41, 5.74) is -0.654. The molecule has 2 rings (SSSR count). The Morgan fingerprint density at radius 1 is 1.24 bits per heavy atom. The van der Waals surface area contributed by atoms with E-state index in [0.717, 1.165) is 19.3 Å². The molecule has 7 heteroatoms. The smallest absolute Gasteiger partial charge is 0.408 e. The maximum atomic E-state index is 13.0. The Morgan fingerprint density at radius 3 is 2.44 bits per heavy atom. The average molecular weight is 354 g/mol. The van der Waals surface area contributed by atoms with Gasteiger partial charge >= 0.3 is 12.1 Å². The average Bonchev–Trinajstić information content (AvgIpc) is 2.90. The number of rotatable bonds is 3. The molecule has 25 heavy (non-hydrogen) atoms. The number of carboxylic acid groups (broad SMARTS) is 1. The second kappa shape index (κ2) is 7.62. The lowest BCUT2D eigenvalue weighted by atomic mass is 9.88. The second-order valence-corrected chi connectivity index (χ2v) is 8.12. The van der Waals surface area contributed by atoms with E-state index in [-0.39, 0.29) is 11.9 Å². The van der Waals surface area contributed by atoms with Gasteiger partial charge < -0.3 is 20.1 Å². The number of ether oxygens (including phenoxy) is 1. The molecule has 2 heterocycles. The van der Waals surface area contributed by atoms with Crippen LogP contribution in [-0.2, 0) is 14.3 Å². The first-order chi connectivity index (χ1) is 11.6. The minimum absolute atomic E-state index is 0.0501. The molecule has 2 saturated heterocycles. The highest BCUT2D eigenvalue weighted by Crippen LogP contribution is 2.34. The summed E-state index contributed by atoms with van der Waals surface area (Å²) in [6.07, 6.45) is 3.75. The van der Waals surface area contributed by atoms with Crippen LogP contribution in [0.4, 0.5) is 4.79 Å². The number of hydrogen-bond donors (Lipinski definition) is 2. The molecule has 0 aliphatic carbocycles. The normalized spacial score (nSPS) is 30.2. The largest absolute Gasteiger partial charge is 0.480 e. The van der Waals surface area contributed by atoms with E-state index in [1.54, 1.807) is 20.8 Å². The van der Waals surface area contributed by atoms with Crippen LogP contribution < -0.4 is 5.32 Å². The molecule has 2 amide bonds. The maximum absolute atomic E-state index is 13.0. The number of nitrogens with zero attached hydrogens (tertiary/aromatic N) is 1. The summed E-state index contributed by atoms with van der Waals surface area (Å²) >= 11 is 0. The Labute approximate surface area is 149 Å². The van der Waals surface area contributed by atoms with Crippen LogP contribution in [0.15, 0.2) is 0 Å². The zero-order valence-corrected chi connectivity index (χ0v) is 15.6. The third kappa shape index (κ3) is 4.86. The molecule has 4 atom stereocenters. The van der Waals surface area contributed by atoms with Crippen molar-refractivity contribution < 1.29 is 24.2 Å². The Morgan fingerprint density at radius 2 is 1.88 bits per heavy atom. The fourth-order valence-corrected chi connectivity index (χ4v) is 3.84. The minimum Gasteiger partial charge on any atom is -0.480 e. The molecule has 0 aromatic carbocycles. The highest BCUT2D eigenvalue weighted by atomic mass is 16.6. The van der Waals surface area contributed by atoms with Gasteiger partial charge in [-0.3, -0.25) is 4.79 Å². The van der Waals surface area contributed by atoms with E-state index >= 15 is 0 Å². The fourth-order valence-electron chi connectivity index (χ4n) is 3.84. The Bertz CT molecular complexity index is 528. The number of carbonyl (C=O) groups excluding carboxylic acids is 2. The zero-order valence-electron chi connectivity index (χ0n) is 15.6. The molecule has 0 aromatic heterocycles. The first-order valence-electron chi connectivity index (χ1n) is 9.17. The van der Waals surface area contributed by atoms with Gasteiger partial charge in [0.15, 0.2) is 0 Å². The number of hydrogen-bond acceptors (Lipinski definition) is 4. The number of nitrogens with one attached hydrogen (secondary N) is 1. The molecule has 2 aliphatic rings. The molecule has 142 valence electrons. The third-order valence-electron chi connectivity index (χ3n) is 5.09. The predicted octanol–water partition coefficient (Wildman–Crippen LogP) is 2.53. The molecule has 1 unspecified atom stereocenters. The molecule has 0 spiro atoms. The van der Waals surface area contributed by atoms with Crippen molar-refractivity contribution in [3.63, 3.8) is 0 Å². The Balaban J connectivity index is 2.20. The first-order valence-corrected chi connectivity index (χ1v) is 9.17. The van der Waals surface area contributed by atoms with Crippen LogP contribution in [0.1, 0.15) is 66.2 Å². The maximum Gasteiger partial charge on any atom is 0.408 e. The van der Waals surface area contributed by atoms with Gasteiger partial charge in [0.05, 0.1) is 0 Å². The number of fused-ring (bicyclic) bond motifs is 1. The molecule has 0 radical (unpaired) electrons. The summed E-state index contributed by atoms with van der Waals surface area (Å²) in [4.78, 5) is 38.2. The number of carboxylic acids is 1. The van der Waals surface area contributed by atoms with E-state index in [0.29, 0.717) is 25.2 Å². The van der Waals surface area contributed by atoms with Gasteiger partial charge in [-0.2, -0.15) is 0 Å². The summed E-state index contributed by atoms with van der Waals surface area (Å²) in [6.45, 7) is 7.36.